The maximum Gasteiger partial charge on any atom is 0.271 e. The van der Waals surface area contributed by atoms with Gasteiger partial charge in [-0.1, -0.05) is 6.07 Å². The molecule has 0 saturated heterocycles. The number of aryl methyl sites for hydroxylation is 2. The fourth-order valence-electron chi connectivity index (χ4n) is 2.23. The van der Waals surface area contributed by atoms with Crippen molar-refractivity contribution in [3.8, 4) is 0 Å². The summed E-state index contributed by atoms with van der Waals surface area (Å²) in [5.74, 6) is 0.748. The average Bonchev–Trinajstić information content (AvgIpc) is 2.92. The van der Waals surface area contributed by atoms with Gasteiger partial charge in [-0.05, 0) is 19.5 Å². The molecule has 0 aliphatic rings. The highest BCUT2D eigenvalue weighted by Gasteiger charge is 2.12. The molecule has 2 aromatic rings. The summed E-state index contributed by atoms with van der Waals surface area (Å²) in [6.45, 7) is 3.01. The van der Waals surface area contributed by atoms with Crippen molar-refractivity contribution in [2.75, 3.05) is 18.9 Å². The predicted octanol–water partition coefficient (Wildman–Crippen LogP) is 2.10. The maximum absolute atomic E-state index is 12.1. The molecule has 1 heterocycles. The van der Waals surface area contributed by atoms with E-state index in [1.165, 1.54) is 12.1 Å². The summed E-state index contributed by atoms with van der Waals surface area (Å²) in [6.07, 6.45) is 3.91. The van der Waals surface area contributed by atoms with Crippen molar-refractivity contribution in [1.82, 2.24) is 14.5 Å². The molecule has 0 aliphatic heterocycles. The largest absolute Gasteiger partial charge is 0.337 e. The van der Waals surface area contributed by atoms with Crippen LogP contribution in [-0.4, -0.2) is 38.9 Å². The van der Waals surface area contributed by atoms with E-state index < -0.39 is 4.92 Å². The quantitative estimate of drug-likeness (QED) is 0.619. The first-order valence-electron chi connectivity index (χ1n) is 7.56. The summed E-state index contributed by atoms with van der Waals surface area (Å²) in [4.78, 5) is 28.7. The highest BCUT2D eigenvalue weighted by atomic mass is 16.6. The Kier molecular flexibility index (Phi) is 5.64. The summed E-state index contributed by atoms with van der Waals surface area (Å²) in [7, 11) is 3.84. The standard InChI is InChI=1S/C16H21N5O3/c1-12-4-5-13(21(23)24)10-14(12)18-16(22)6-8-19(2)11-15-17-7-9-20(15)3/h4-5,7,9-10H,6,8,11H2,1-3H3,(H,18,22). The van der Waals surface area contributed by atoms with E-state index in [9.17, 15) is 14.9 Å². The number of anilines is 1. The first-order valence-corrected chi connectivity index (χ1v) is 7.56. The number of nitro groups is 1. The van der Waals surface area contributed by atoms with Gasteiger partial charge in [-0.3, -0.25) is 19.8 Å². The molecule has 0 spiro atoms. The second-order valence-electron chi connectivity index (χ2n) is 5.75. The van der Waals surface area contributed by atoms with Crippen LogP contribution in [0.3, 0.4) is 0 Å². The Hall–Kier alpha value is -2.74. The summed E-state index contributed by atoms with van der Waals surface area (Å²) in [5, 5.41) is 13.6. The number of benzene rings is 1. The van der Waals surface area contributed by atoms with Gasteiger partial charge in [0.05, 0.1) is 17.2 Å². The third-order valence-corrected chi connectivity index (χ3v) is 3.76. The molecule has 1 N–H and O–H groups in total. The molecule has 0 fully saturated rings. The predicted molar refractivity (Wildman–Crippen MR) is 90.6 cm³/mol. The summed E-state index contributed by atoms with van der Waals surface area (Å²) < 4.78 is 1.93. The minimum absolute atomic E-state index is 0.0391. The summed E-state index contributed by atoms with van der Waals surface area (Å²) in [5.41, 5.74) is 1.22. The highest BCUT2D eigenvalue weighted by molar-refractivity contribution is 5.92. The van der Waals surface area contributed by atoms with Crippen LogP contribution in [0.2, 0.25) is 0 Å². The fourth-order valence-corrected chi connectivity index (χ4v) is 2.23. The van der Waals surface area contributed by atoms with Gasteiger partial charge in [-0.15, -0.1) is 0 Å². The minimum Gasteiger partial charge on any atom is -0.337 e. The topological polar surface area (TPSA) is 93.3 Å². The van der Waals surface area contributed by atoms with E-state index in [4.69, 9.17) is 0 Å². The van der Waals surface area contributed by atoms with Gasteiger partial charge < -0.3 is 9.88 Å². The molecular weight excluding hydrogens is 310 g/mol. The van der Waals surface area contributed by atoms with Crippen LogP contribution < -0.4 is 5.32 Å². The number of imidazole rings is 1. The molecule has 0 saturated carbocycles. The van der Waals surface area contributed by atoms with Crippen molar-refractivity contribution in [2.24, 2.45) is 7.05 Å². The minimum atomic E-state index is -0.476. The number of carbonyl (C=O) groups is 1. The second-order valence-corrected chi connectivity index (χ2v) is 5.75. The van der Waals surface area contributed by atoms with E-state index in [-0.39, 0.29) is 11.6 Å². The number of carbonyl (C=O) groups excluding carboxylic acids is 1. The van der Waals surface area contributed by atoms with Gasteiger partial charge >= 0.3 is 0 Å². The molecule has 128 valence electrons. The van der Waals surface area contributed by atoms with Gasteiger partial charge in [0, 0.05) is 44.5 Å². The zero-order chi connectivity index (χ0) is 17.7. The fraction of sp³-hybridized carbons (Fsp3) is 0.375. The lowest BCUT2D eigenvalue weighted by Crippen LogP contribution is -2.25. The number of hydrogen-bond acceptors (Lipinski definition) is 5. The Labute approximate surface area is 140 Å². The number of hydrogen-bond donors (Lipinski definition) is 1. The Balaban J connectivity index is 1.88. The van der Waals surface area contributed by atoms with Gasteiger partial charge in [0.15, 0.2) is 0 Å². The monoisotopic (exact) mass is 331 g/mol. The number of amides is 1. The zero-order valence-electron chi connectivity index (χ0n) is 14.0. The lowest BCUT2D eigenvalue weighted by molar-refractivity contribution is -0.384. The van der Waals surface area contributed by atoms with Crippen molar-refractivity contribution in [2.45, 2.75) is 19.9 Å². The molecule has 0 atom stereocenters. The van der Waals surface area contributed by atoms with Gasteiger partial charge in [0.2, 0.25) is 5.91 Å². The van der Waals surface area contributed by atoms with Gasteiger partial charge in [-0.2, -0.15) is 0 Å². The molecule has 2 rings (SSSR count). The van der Waals surface area contributed by atoms with E-state index in [0.717, 1.165) is 11.4 Å². The van der Waals surface area contributed by atoms with E-state index >= 15 is 0 Å². The van der Waals surface area contributed by atoms with Crippen LogP contribution in [-0.2, 0) is 18.4 Å². The Bertz CT molecular complexity index is 741. The summed E-state index contributed by atoms with van der Waals surface area (Å²) in [6, 6.07) is 4.43. The number of nitrogens with zero attached hydrogens (tertiary/aromatic N) is 4. The zero-order valence-corrected chi connectivity index (χ0v) is 14.0. The van der Waals surface area contributed by atoms with E-state index in [0.29, 0.717) is 25.2 Å². The third-order valence-electron chi connectivity index (χ3n) is 3.76. The molecular formula is C16H21N5O3. The Morgan fingerprint density at radius 2 is 2.21 bits per heavy atom. The first-order chi connectivity index (χ1) is 11.4. The van der Waals surface area contributed by atoms with Crippen LogP contribution in [0.5, 0.6) is 0 Å². The van der Waals surface area contributed by atoms with Crippen LogP contribution in [0.4, 0.5) is 11.4 Å². The number of aromatic nitrogens is 2. The molecule has 1 amide bonds. The van der Waals surface area contributed by atoms with Crippen molar-refractivity contribution < 1.29 is 9.72 Å². The number of non-ortho nitro benzene ring substituents is 1. The van der Waals surface area contributed by atoms with E-state index in [2.05, 4.69) is 10.3 Å². The van der Waals surface area contributed by atoms with Crippen LogP contribution in [0.1, 0.15) is 17.8 Å². The number of rotatable bonds is 7. The molecule has 0 bridgehead atoms. The maximum atomic E-state index is 12.1. The van der Waals surface area contributed by atoms with E-state index in [1.54, 1.807) is 19.2 Å². The van der Waals surface area contributed by atoms with Crippen LogP contribution in [0.15, 0.2) is 30.6 Å². The molecule has 1 aromatic carbocycles. The molecule has 24 heavy (non-hydrogen) atoms. The van der Waals surface area contributed by atoms with Crippen LogP contribution in [0.25, 0.3) is 0 Å². The average molecular weight is 331 g/mol. The summed E-state index contributed by atoms with van der Waals surface area (Å²) >= 11 is 0. The Morgan fingerprint density at radius 1 is 1.46 bits per heavy atom. The molecule has 0 radical (unpaired) electrons. The smallest absolute Gasteiger partial charge is 0.271 e. The number of nitro benzene ring substituents is 1. The van der Waals surface area contributed by atoms with Crippen molar-refractivity contribution in [3.05, 3.63) is 52.1 Å². The lowest BCUT2D eigenvalue weighted by atomic mass is 10.1. The third kappa shape index (κ3) is 4.63. The molecule has 8 nitrogen and oxygen atoms in total. The SMILES string of the molecule is Cc1ccc([N+](=O)[O-])cc1NC(=O)CCN(C)Cc1nccn1C. The van der Waals surface area contributed by atoms with Crippen molar-refractivity contribution in [3.63, 3.8) is 0 Å². The van der Waals surface area contributed by atoms with E-state index in [1.807, 2.05) is 29.8 Å². The molecule has 8 heteroatoms. The Morgan fingerprint density at radius 3 is 2.83 bits per heavy atom. The van der Waals surface area contributed by atoms with Crippen LogP contribution in [0, 0.1) is 17.0 Å². The van der Waals surface area contributed by atoms with Crippen molar-refractivity contribution >= 4 is 17.3 Å². The van der Waals surface area contributed by atoms with Gasteiger partial charge in [-0.25, -0.2) is 4.98 Å². The first kappa shape index (κ1) is 17.6. The lowest BCUT2D eigenvalue weighted by Gasteiger charge is -2.16. The van der Waals surface area contributed by atoms with Gasteiger partial charge in [0.25, 0.3) is 5.69 Å². The normalized spacial score (nSPS) is 10.8. The second kappa shape index (κ2) is 7.69. The van der Waals surface area contributed by atoms with Crippen LogP contribution >= 0.6 is 0 Å². The van der Waals surface area contributed by atoms with Crippen molar-refractivity contribution in [1.29, 1.82) is 0 Å². The molecule has 0 aliphatic carbocycles. The molecule has 1 aromatic heterocycles. The molecule has 0 unspecified atom stereocenters. The van der Waals surface area contributed by atoms with Gasteiger partial charge in [0.1, 0.15) is 5.82 Å². The highest BCUT2D eigenvalue weighted by Crippen LogP contribution is 2.21. The number of nitrogens with one attached hydrogen (secondary N) is 1.